The average Bonchev–Trinajstić information content (AvgIpc) is 3.48. The third-order valence-corrected chi connectivity index (χ3v) is 6.07. The minimum atomic E-state index is -0.537. The van der Waals surface area contributed by atoms with Gasteiger partial charge in [0, 0.05) is 29.7 Å². The van der Waals surface area contributed by atoms with E-state index in [1.54, 1.807) is 13.4 Å². The van der Waals surface area contributed by atoms with Crippen molar-refractivity contribution >= 4 is 23.5 Å². The van der Waals surface area contributed by atoms with Crippen molar-refractivity contribution in [1.82, 2.24) is 14.5 Å². The van der Waals surface area contributed by atoms with Gasteiger partial charge in [0.1, 0.15) is 5.75 Å². The molecular weight excluding hydrogens is 412 g/mol. The van der Waals surface area contributed by atoms with Crippen LogP contribution in [0.2, 0.25) is 5.02 Å². The van der Waals surface area contributed by atoms with Crippen molar-refractivity contribution < 1.29 is 9.57 Å². The summed E-state index contributed by atoms with van der Waals surface area (Å²) in [6, 6.07) is 13.9. The second-order valence-electron chi connectivity index (χ2n) is 7.77. The van der Waals surface area contributed by atoms with Gasteiger partial charge < -0.3 is 19.0 Å². The van der Waals surface area contributed by atoms with Crippen LogP contribution in [0.4, 0.5) is 0 Å². The maximum atomic E-state index is 6.07. The van der Waals surface area contributed by atoms with Crippen LogP contribution in [0.5, 0.6) is 5.75 Å². The van der Waals surface area contributed by atoms with Crippen LogP contribution in [0.15, 0.2) is 66.2 Å². The Morgan fingerprint density at radius 3 is 2.74 bits per heavy atom. The van der Waals surface area contributed by atoms with Gasteiger partial charge in [-0.05, 0) is 49.2 Å². The summed E-state index contributed by atoms with van der Waals surface area (Å²) in [5.41, 5.74) is 3.46. The summed E-state index contributed by atoms with van der Waals surface area (Å²) in [6.45, 7) is 2.86. The summed E-state index contributed by atoms with van der Waals surface area (Å²) < 4.78 is 7.58. The number of benzene rings is 2. The zero-order valence-corrected chi connectivity index (χ0v) is 18.2. The maximum absolute atomic E-state index is 6.07. The Hall–Kier alpha value is -3.25. The Kier molecular flexibility index (Phi) is 4.94. The van der Waals surface area contributed by atoms with Gasteiger partial charge in [-0.2, -0.15) is 0 Å². The average molecular weight is 435 g/mol. The number of amidine groups is 1. The molecule has 31 heavy (non-hydrogen) atoms. The molecule has 0 aliphatic carbocycles. The molecule has 5 rings (SSSR count). The number of imidazole rings is 1. The molecule has 1 fully saturated rings. The Bertz CT molecular complexity index is 1170. The first-order valence-corrected chi connectivity index (χ1v) is 10.6. The second-order valence-corrected chi connectivity index (χ2v) is 8.21. The van der Waals surface area contributed by atoms with Crippen LogP contribution in [-0.4, -0.2) is 33.9 Å². The minimum absolute atomic E-state index is 0.537. The van der Waals surface area contributed by atoms with Crippen molar-refractivity contribution in [3.05, 3.63) is 82.9 Å². The maximum Gasteiger partial charge on any atom is 0.237 e. The molecule has 0 radical (unpaired) electrons. The third kappa shape index (κ3) is 3.47. The first kappa shape index (κ1) is 19.7. The van der Waals surface area contributed by atoms with Gasteiger partial charge in [0.2, 0.25) is 5.72 Å². The molecule has 0 amide bonds. The van der Waals surface area contributed by atoms with Crippen molar-refractivity contribution in [1.29, 1.82) is 0 Å². The molecule has 158 valence electrons. The van der Waals surface area contributed by atoms with Crippen molar-refractivity contribution in [3.63, 3.8) is 0 Å². The van der Waals surface area contributed by atoms with Crippen molar-refractivity contribution in [2.45, 2.75) is 25.5 Å². The van der Waals surface area contributed by atoms with Crippen LogP contribution in [0.25, 0.3) is 11.8 Å². The van der Waals surface area contributed by atoms with Crippen LogP contribution in [0.3, 0.4) is 0 Å². The van der Waals surface area contributed by atoms with E-state index in [4.69, 9.17) is 21.2 Å². The molecule has 0 spiro atoms. The molecule has 1 atom stereocenters. The fourth-order valence-corrected chi connectivity index (χ4v) is 4.40. The van der Waals surface area contributed by atoms with Gasteiger partial charge in [-0.3, -0.25) is 0 Å². The lowest BCUT2D eigenvalue weighted by atomic mass is 10.00. The number of oxime groups is 1. The number of halogens is 1. The number of rotatable bonds is 5. The Labute approximate surface area is 186 Å². The molecule has 6 nitrogen and oxygen atoms in total. The Morgan fingerprint density at radius 1 is 1.16 bits per heavy atom. The van der Waals surface area contributed by atoms with Crippen molar-refractivity contribution in [2.75, 3.05) is 13.7 Å². The number of aromatic nitrogens is 2. The smallest absolute Gasteiger partial charge is 0.237 e. The monoisotopic (exact) mass is 434 g/mol. The quantitative estimate of drug-likeness (QED) is 0.557. The van der Waals surface area contributed by atoms with E-state index >= 15 is 0 Å². The number of ether oxygens (including phenoxy) is 1. The summed E-state index contributed by atoms with van der Waals surface area (Å²) in [7, 11) is 1.68. The first-order chi connectivity index (χ1) is 15.1. The van der Waals surface area contributed by atoms with Crippen LogP contribution in [-0.2, 0) is 10.6 Å². The van der Waals surface area contributed by atoms with E-state index in [0.717, 1.165) is 53.5 Å². The summed E-state index contributed by atoms with van der Waals surface area (Å²) >= 11 is 6.07. The zero-order valence-electron chi connectivity index (χ0n) is 17.5. The highest BCUT2D eigenvalue weighted by Crippen LogP contribution is 2.44. The number of fused-ring (bicyclic) bond motifs is 1. The highest BCUT2D eigenvalue weighted by molar-refractivity contribution is 6.30. The fourth-order valence-electron chi connectivity index (χ4n) is 4.28. The topological polar surface area (TPSA) is 51.9 Å². The third-order valence-electron chi connectivity index (χ3n) is 5.81. The van der Waals surface area contributed by atoms with Crippen molar-refractivity contribution in [2.24, 2.45) is 5.16 Å². The van der Waals surface area contributed by atoms with Gasteiger partial charge >= 0.3 is 0 Å². The number of methoxy groups -OCH3 is 1. The van der Waals surface area contributed by atoms with Crippen LogP contribution < -0.4 is 4.74 Å². The molecule has 2 aromatic carbocycles. The molecule has 7 heteroatoms. The standard InChI is InChI=1S/C24H23ClN4O2/c1-17-15-28(16-26-17)21-10-4-18(14-22(21)30-2)5-11-23-27-31-24(12-3-13-29(23)24)19-6-8-20(25)9-7-19/h4-11,14-16H,3,12-13H2,1-2H3/b11-5+. The van der Waals surface area contributed by atoms with Gasteiger partial charge in [-0.15, -0.1) is 0 Å². The number of aryl methyl sites for hydroxylation is 1. The lowest BCUT2D eigenvalue weighted by molar-refractivity contribution is -0.0847. The summed E-state index contributed by atoms with van der Waals surface area (Å²) in [5.74, 6) is 1.60. The van der Waals surface area contributed by atoms with Crippen molar-refractivity contribution in [3.8, 4) is 11.4 Å². The first-order valence-electron chi connectivity index (χ1n) is 10.3. The van der Waals surface area contributed by atoms with Gasteiger partial charge in [-0.1, -0.05) is 41.0 Å². The predicted molar refractivity (Wildman–Crippen MR) is 121 cm³/mol. The van der Waals surface area contributed by atoms with E-state index in [1.807, 2.05) is 66.2 Å². The second kappa shape index (κ2) is 7.78. The predicted octanol–water partition coefficient (Wildman–Crippen LogP) is 5.15. The molecule has 2 aliphatic heterocycles. The molecule has 3 aromatic rings. The molecule has 1 unspecified atom stereocenters. The lowest BCUT2D eigenvalue weighted by Gasteiger charge is -2.30. The SMILES string of the molecule is COc1cc(/C=C/C2=NOC3(c4ccc(Cl)cc4)CCCN23)ccc1-n1cnc(C)c1. The van der Waals surface area contributed by atoms with Gasteiger partial charge in [0.25, 0.3) is 0 Å². The van der Waals surface area contributed by atoms with E-state index in [1.165, 1.54) is 0 Å². The van der Waals surface area contributed by atoms with Crippen LogP contribution in [0.1, 0.15) is 29.7 Å². The lowest BCUT2D eigenvalue weighted by Crippen LogP contribution is -2.40. The number of nitrogens with zero attached hydrogens (tertiary/aromatic N) is 4. The Morgan fingerprint density at radius 2 is 2.00 bits per heavy atom. The molecule has 1 aromatic heterocycles. The molecule has 2 aliphatic rings. The van der Waals surface area contributed by atoms with E-state index in [9.17, 15) is 0 Å². The Balaban J connectivity index is 1.39. The number of hydrogen-bond donors (Lipinski definition) is 0. The summed E-state index contributed by atoms with van der Waals surface area (Å²) in [4.78, 5) is 12.5. The fraction of sp³-hybridized carbons (Fsp3) is 0.250. The zero-order chi connectivity index (χ0) is 21.4. The summed E-state index contributed by atoms with van der Waals surface area (Å²) in [6.07, 6.45) is 9.73. The van der Waals surface area contributed by atoms with Gasteiger partial charge in [0.15, 0.2) is 5.84 Å². The van der Waals surface area contributed by atoms with E-state index < -0.39 is 5.72 Å². The van der Waals surface area contributed by atoms with E-state index in [0.29, 0.717) is 5.02 Å². The summed E-state index contributed by atoms with van der Waals surface area (Å²) in [5, 5.41) is 5.11. The highest BCUT2D eigenvalue weighted by atomic mass is 35.5. The number of hydrogen-bond acceptors (Lipinski definition) is 5. The highest BCUT2D eigenvalue weighted by Gasteiger charge is 2.50. The molecule has 0 N–H and O–H groups in total. The minimum Gasteiger partial charge on any atom is -0.495 e. The largest absolute Gasteiger partial charge is 0.495 e. The van der Waals surface area contributed by atoms with Crippen LogP contribution >= 0.6 is 11.6 Å². The van der Waals surface area contributed by atoms with Gasteiger partial charge in [0.05, 0.1) is 24.8 Å². The van der Waals surface area contributed by atoms with Crippen LogP contribution in [0, 0.1) is 6.92 Å². The molecule has 0 bridgehead atoms. The van der Waals surface area contributed by atoms with Gasteiger partial charge in [-0.25, -0.2) is 4.98 Å². The van der Waals surface area contributed by atoms with E-state index in [2.05, 4.69) is 21.1 Å². The molecule has 1 saturated heterocycles. The normalized spacial score (nSPS) is 20.1. The molecular formula is C24H23ClN4O2. The molecule has 0 saturated carbocycles. The molecule has 3 heterocycles. The van der Waals surface area contributed by atoms with E-state index in [-0.39, 0.29) is 0 Å².